The van der Waals surface area contributed by atoms with Crippen LogP contribution in [0.1, 0.15) is 24.0 Å². The van der Waals surface area contributed by atoms with E-state index in [-0.39, 0.29) is 24.9 Å². The summed E-state index contributed by atoms with van der Waals surface area (Å²) < 4.78 is 0. The third-order valence-corrected chi connectivity index (χ3v) is 6.08. The maximum Gasteiger partial charge on any atom is 0.232 e. The van der Waals surface area contributed by atoms with Gasteiger partial charge in [0.15, 0.2) is 0 Å². The normalized spacial score (nSPS) is 13.5. The molecule has 31 heavy (non-hydrogen) atoms. The molecule has 0 saturated carbocycles. The Bertz CT molecular complexity index is 1080. The molecule has 1 heterocycles. The summed E-state index contributed by atoms with van der Waals surface area (Å²) in [6.45, 7) is 2.85. The molecule has 0 unspecified atom stereocenters. The number of hydrogen-bond acceptors (Lipinski definition) is 2. The van der Waals surface area contributed by atoms with Crippen LogP contribution in [-0.2, 0) is 16.0 Å². The first-order valence-electron chi connectivity index (χ1n) is 10.5. The quantitative estimate of drug-likeness (QED) is 0.518. The molecule has 3 aromatic rings. The Morgan fingerprint density at radius 2 is 1.71 bits per heavy atom. The molecule has 0 N–H and O–H groups in total. The third kappa shape index (κ3) is 4.97. The summed E-state index contributed by atoms with van der Waals surface area (Å²) in [7, 11) is 0. The summed E-state index contributed by atoms with van der Waals surface area (Å²) in [5.41, 5.74) is 4.85. The summed E-state index contributed by atoms with van der Waals surface area (Å²) >= 11 is 6.33. The molecule has 4 rings (SSSR count). The maximum atomic E-state index is 13.3. The minimum Gasteiger partial charge on any atom is -0.324 e. The van der Waals surface area contributed by atoms with Gasteiger partial charge in [0.25, 0.3) is 0 Å². The summed E-state index contributed by atoms with van der Waals surface area (Å²) in [5, 5.41) is 0.607. The number of benzene rings is 3. The summed E-state index contributed by atoms with van der Waals surface area (Å²) in [6.07, 6.45) is 1.62. The number of rotatable bonds is 6. The van der Waals surface area contributed by atoms with Crippen molar-refractivity contribution in [1.29, 1.82) is 0 Å². The van der Waals surface area contributed by atoms with E-state index >= 15 is 0 Å². The van der Waals surface area contributed by atoms with Crippen LogP contribution in [0.15, 0.2) is 72.8 Å². The molecule has 1 aliphatic heterocycles. The number of amides is 2. The van der Waals surface area contributed by atoms with Gasteiger partial charge in [-0.05, 0) is 47.7 Å². The van der Waals surface area contributed by atoms with Gasteiger partial charge >= 0.3 is 0 Å². The molecule has 3 aromatic carbocycles. The van der Waals surface area contributed by atoms with E-state index in [9.17, 15) is 9.59 Å². The zero-order valence-electron chi connectivity index (χ0n) is 17.6. The lowest BCUT2D eigenvalue weighted by molar-refractivity contribution is -0.128. The highest BCUT2D eigenvalue weighted by Gasteiger charge is 2.26. The molecule has 0 aromatic heterocycles. The molecule has 2 amide bonds. The Kier molecular flexibility index (Phi) is 6.38. The Morgan fingerprint density at radius 1 is 1.00 bits per heavy atom. The van der Waals surface area contributed by atoms with E-state index in [2.05, 4.69) is 12.1 Å². The number of halogens is 1. The fourth-order valence-corrected chi connectivity index (χ4v) is 3.97. The second-order valence-corrected chi connectivity index (χ2v) is 8.30. The van der Waals surface area contributed by atoms with Gasteiger partial charge in [-0.25, -0.2) is 0 Å². The van der Waals surface area contributed by atoms with Gasteiger partial charge in [-0.2, -0.15) is 0 Å². The van der Waals surface area contributed by atoms with Gasteiger partial charge in [-0.15, -0.1) is 0 Å². The van der Waals surface area contributed by atoms with Crippen LogP contribution < -0.4 is 4.90 Å². The van der Waals surface area contributed by atoms with Gasteiger partial charge < -0.3 is 4.90 Å². The predicted octanol–water partition coefficient (Wildman–Crippen LogP) is 5.47. The van der Waals surface area contributed by atoms with Crippen LogP contribution >= 0.6 is 11.6 Å². The number of aryl methyl sites for hydroxylation is 1. The molecule has 4 nitrogen and oxygen atoms in total. The predicted molar refractivity (Wildman–Crippen MR) is 125 cm³/mol. The van der Waals surface area contributed by atoms with Crippen LogP contribution in [0.4, 0.5) is 5.69 Å². The molecular weight excluding hydrogens is 408 g/mol. The molecule has 158 valence electrons. The average molecular weight is 433 g/mol. The highest BCUT2D eigenvalue weighted by atomic mass is 35.5. The van der Waals surface area contributed by atoms with Gasteiger partial charge in [0.2, 0.25) is 11.8 Å². The minimum atomic E-state index is -0.0629. The lowest BCUT2D eigenvalue weighted by Gasteiger charge is -2.28. The Balaban J connectivity index is 1.55. The first-order chi connectivity index (χ1) is 15.0. The van der Waals surface area contributed by atoms with Gasteiger partial charge in [-0.1, -0.05) is 72.3 Å². The standard InChI is InChI=1S/C26H25ClN2O2/c1-19-9-14-23(17-24(19)27)29(18-28-15-5-8-25(28)30)26(31)16-20-10-12-22(13-11-20)21-6-3-2-4-7-21/h2-4,6-7,9-14,17H,5,8,15-16,18H2,1H3. The van der Waals surface area contributed by atoms with Crippen LogP contribution in [0, 0.1) is 6.92 Å². The van der Waals surface area contributed by atoms with Crippen molar-refractivity contribution in [3.05, 3.63) is 88.9 Å². The van der Waals surface area contributed by atoms with E-state index in [0.29, 0.717) is 23.7 Å². The largest absolute Gasteiger partial charge is 0.324 e. The van der Waals surface area contributed by atoms with Crippen LogP contribution in [0.3, 0.4) is 0 Å². The van der Waals surface area contributed by atoms with Crippen molar-refractivity contribution < 1.29 is 9.59 Å². The zero-order valence-corrected chi connectivity index (χ0v) is 18.3. The molecule has 1 aliphatic rings. The van der Waals surface area contributed by atoms with E-state index in [0.717, 1.165) is 28.7 Å². The second-order valence-electron chi connectivity index (χ2n) is 7.90. The van der Waals surface area contributed by atoms with Crippen LogP contribution in [0.5, 0.6) is 0 Å². The molecule has 0 bridgehead atoms. The number of nitrogens with zero attached hydrogens (tertiary/aromatic N) is 2. The fraction of sp³-hybridized carbons (Fsp3) is 0.231. The smallest absolute Gasteiger partial charge is 0.232 e. The summed E-state index contributed by atoms with van der Waals surface area (Å²) in [6, 6.07) is 23.8. The number of carbonyl (C=O) groups is 2. The zero-order chi connectivity index (χ0) is 21.8. The van der Waals surface area contributed by atoms with Crippen molar-refractivity contribution >= 4 is 29.1 Å². The Labute approximate surface area is 188 Å². The van der Waals surface area contributed by atoms with Crippen LogP contribution in [-0.4, -0.2) is 29.9 Å². The monoisotopic (exact) mass is 432 g/mol. The van der Waals surface area contributed by atoms with E-state index in [4.69, 9.17) is 11.6 Å². The minimum absolute atomic E-state index is 0.0629. The van der Waals surface area contributed by atoms with Crippen molar-refractivity contribution in [2.24, 2.45) is 0 Å². The van der Waals surface area contributed by atoms with Crippen LogP contribution in [0.2, 0.25) is 5.02 Å². The molecular formula is C26H25ClN2O2. The molecule has 0 atom stereocenters. The second kappa shape index (κ2) is 9.36. The van der Waals surface area contributed by atoms with Crippen molar-refractivity contribution in [3.63, 3.8) is 0 Å². The Morgan fingerprint density at radius 3 is 2.35 bits per heavy atom. The highest BCUT2D eigenvalue weighted by molar-refractivity contribution is 6.31. The number of carbonyl (C=O) groups excluding carboxylic acids is 2. The number of hydrogen-bond donors (Lipinski definition) is 0. The van der Waals surface area contributed by atoms with Gasteiger partial charge in [0.05, 0.1) is 6.42 Å². The van der Waals surface area contributed by atoms with Gasteiger partial charge in [0, 0.05) is 23.7 Å². The summed E-state index contributed by atoms with van der Waals surface area (Å²) in [5.74, 6) is 0.0234. The average Bonchev–Trinajstić information content (AvgIpc) is 3.19. The Hall–Kier alpha value is -3.11. The SMILES string of the molecule is Cc1ccc(N(CN2CCCC2=O)C(=O)Cc2ccc(-c3ccccc3)cc2)cc1Cl. The lowest BCUT2D eigenvalue weighted by Crippen LogP contribution is -2.43. The molecule has 0 spiro atoms. The van der Waals surface area contributed by atoms with E-state index < -0.39 is 0 Å². The van der Waals surface area contributed by atoms with Crippen molar-refractivity contribution in [3.8, 4) is 11.1 Å². The molecule has 1 saturated heterocycles. The highest BCUT2D eigenvalue weighted by Crippen LogP contribution is 2.26. The number of anilines is 1. The third-order valence-electron chi connectivity index (χ3n) is 5.67. The van der Waals surface area contributed by atoms with E-state index in [1.807, 2.05) is 61.5 Å². The fourth-order valence-electron chi connectivity index (χ4n) is 3.79. The van der Waals surface area contributed by atoms with E-state index in [1.165, 1.54) is 0 Å². The first-order valence-corrected chi connectivity index (χ1v) is 10.9. The summed E-state index contributed by atoms with van der Waals surface area (Å²) in [4.78, 5) is 28.9. The van der Waals surface area contributed by atoms with Crippen molar-refractivity contribution in [2.45, 2.75) is 26.2 Å². The molecule has 0 radical (unpaired) electrons. The molecule has 1 fully saturated rings. The topological polar surface area (TPSA) is 40.6 Å². The number of likely N-dealkylation sites (tertiary alicyclic amines) is 1. The van der Waals surface area contributed by atoms with Crippen molar-refractivity contribution in [2.75, 3.05) is 18.1 Å². The van der Waals surface area contributed by atoms with Gasteiger partial charge in [-0.3, -0.25) is 14.5 Å². The maximum absolute atomic E-state index is 13.3. The molecule has 5 heteroatoms. The van der Waals surface area contributed by atoms with Crippen molar-refractivity contribution in [1.82, 2.24) is 4.90 Å². The lowest BCUT2D eigenvalue weighted by atomic mass is 10.0. The van der Waals surface area contributed by atoms with E-state index in [1.54, 1.807) is 15.9 Å². The van der Waals surface area contributed by atoms with Crippen LogP contribution in [0.25, 0.3) is 11.1 Å². The molecule has 0 aliphatic carbocycles. The first kappa shape index (κ1) is 21.1. The van der Waals surface area contributed by atoms with Gasteiger partial charge in [0.1, 0.15) is 6.67 Å².